The zero-order valence-corrected chi connectivity index (χ0v) is 8.16. The second kappa shape index (κ2) is 2.97. The molecule has 72 valence electrons. The van der Waals surface area contributed by atoms with E-state index in [4.69, 9.17) is 0 Å². The quantitative estimate of drug-likeness (QED) is 0.525. The van der Waals surface area contributed by atoms with E-state index >= 15 is 0 Å². The van der Waals surface area contributed by atoms with Gasteiger partial charge in [0.2, 0.25) is 5.92 Å². The van der Waals surface area contributed by atoms with Crippen LogP contribution in [0.4, 0.5) is 8.78 Å². The molecule has 0 N–H and O–H groups in total. The molecule has 0 bridgehead atoms. The summed E-state index contributed by atoms with van der Waals surface area (Å²) in [5, 5.41) is 0. The average Bonchev–Trinajstić information content (AvgIpc) is 2.64. The van der Waals surface area contributed by atoms with E-state index in [1.54, 1.807) is 0 Å². The van der Waals surface area contributed by atoms with Gasteiger partial charge in [-0.05, 0) is 24.2 Å². The monoisotopic (exact) mass is 176 g/mol. The van der Waals surface area contributed by atoms with Crippen LogP contribution in [0.5, 0.6) is 0 Å². The van der Waals surface area contributed by atoms with E-state index < -0.39 is 5.92 Å². The molecule has 0 heterocycles. The lowest BCUT2D eigenvalue weighted by molar-refractivity contribution is -0.0462. The molecule has 0 aliphatic heterocycles. The molecule has 0 nitrogen and oxygen atoms in total. The van der Waals surface area contributed by atoms with Crippen molar-refractivity contribution in [2.45, 2.75) is 52.4 Å². The van der Waals surface area contributed by atoms with Gasteiger partial charge >= 0.3 is 0 Å². The summed E-state index contributed by atoms with van der Waals surface area (Å²) in [6, 6.07) is 0. The van der Waals surface area contributed by atoms with Gasteiger partial charge < -0.3 is 0 Å². The van der Waals surface area contributed by atoms with Gasteiger partial charge in [0.25, 0.3) is 0 Å². The lowest BCUT2D eigenvalue weighted by atomic mass is 9.88. The fourth-order valence-electron chi connectivity index (χ4n) is 2.06. The van der Waals surface area contributed by atoms with Gasteiger partial charge in [-0.2, -0.15) is 0 Å². The fourth-order valence-corrected chi connectivity index (χ4v) is 2.06. The minimum atomic E-state index is -2.33. The Morgan fingerprint density at radius 1 is 1.08 bits per heavy atom. The summed E-state index contributed by atoms with van der Waals surface area (Å²) in [5.41, 5.74) is 0.321. The van der Waals surface area contributed by atoms with Crippen molar-refractivity contribution in [3.05, 3.63) is 0 Å². The van der Waals surface area contributed by atoms with Crippen LogP contribution in [0.3, 0.4) is 0 Å². The van der Waals surface area contributed by atoms with Crippen molar-refractivity contribution < 1.29 is 8.78 Å². The molecule has 2 heteroatoms. The Bertz CT molecular complexity index is 165. The van der Waals surface area contributed by atoms with Crippen LogP contribution in [0.2, 0.25) is 0 Å². The molecule has 0 spiro atoms. The number of hydrogen-bond acceptors (Lipinski definition) is 0. The van der Waals surface area contributed by atoms with Crippen molar-refractivity contribution in [2.75, 3.05) is 0 Å². The van der Waals surface area contributed by atoms with Crippen LogP contribution < -0.4 is 0 Å². The van der Waals surface area contributed by atoms with Gasteiger partial charge in [0.05, 0.1) is 0 Å². The molecule has 2 atom stereocenters. The minimum absolute atomic E-state index is 0.125. The third-order valence-corrected chi connectivity index (χ3v) is 3.15. The van der Waals surface area contributed by atoms with Crippen LogP contribution in [0, 0.1) is 11.3 Å². The molecule has 0 aromatic carbocycles. The minimum Gasteiger partial charge on any atom is -0.207 e. The van der Waals surface area contributed by atoms with E-state index in [2.05, 4.69) is 6.92 Å². The largest absolute Gasteiger partial charge is 0.248 e. The first kappa shape index (κ1) is 9.94. The number of halogens is 2. The summed E-state index contributed by atoms with van der Waals surface area (Å²) in [6.07, 6.45) is 2.07. The highest BCUT2D eigenvalue weighted by Gasteiger charge is 2.57. The average molecular weight is 176 g/mol. The number of rotatable bonds is 0. The highest BCUT2D eigenvalue weighted by molar-refractivity contribution is 5.04. The molecule has 0 aromatic rings. The van der Waals surface area contributed by atoms with Crippen LogP contribution in [0.15, 0.2) is 0 Å². The van der Waals surface area contributed by atoms with Crippen molar-refractivity contribution in [2.24, 2.45) is 11.3 Å². The molecular formula is C10H18F2. The number of fused-ring (bicyclic) bond motifs is 1. The summed E-state index contributed by atoms with van der Waals surface area (Å²) >= 11 is 0. The molecule has 2 rings (SSSR count). The van der Waals surface area contributed by atoms with Gasteiger partial charge in [-0.25, -0.2) is 8.78 Å². The second-order valence-electron chi connectivity index (χ2n) is 4.12. The first-order valence-electron chi connectivity index (χ1n) is 4.90. The van der Waals surface area contributed by atoms with Gasteiger partial charge in [-0.3, -0.25) is 0 Å². The van der Waals surface area contributed by atoms with E-state index in [1.165, 1.54) is 0 Å². The molecule has 2 aliphatic carbocycles. The van der Waals surface area contributed by atoms with Crippen molar-refractivity contribution in [3.63, 3.8) is 0 Å². The van der Waals surface area contributed by atoms with E-state index in [0.29, 0.717) is 11.3 Å². The smallest absolute Gasteiger partial charge is 0.207 e. The highest BCUT2D eigenvalue weighted by Crippen LogP contribution is 2.63. The van der Waals surface area contributed by atoms with Crippen molar-refractivity contribution in [1.82, 2.24) is 0 Å². The molecule has 0 radical (unpaired) electrons. The molecule has 2 fully saturated rings. The summed E-state index contributed by atoms with van der Waals surface area (Å²) in [7, 11) is 0. The highest BCUT2D eigenvalue weighted by atomic mass is 19.3. The Hall–Kier alpha value is -0.140. The van der Waals surface area contributed by atoms with Crippen molar-refractivity contribution >= 4 is 0 Å². The third-order valence-electron chi connectivity index (χ3n) is 3.15. The Kier molecular flexibility index (Phi) is 2.46. The summed E-state index contributed by atoms with van der Waals surface area (Å²) in [6.45, 7) is 6.13. The number of alkyl halides is 2. The zero-order chi connectivity index (χ0) is 9.41. The predicted octanol–water partition coefficient (Wildman–Crippen LogP) is 3.86. The van der Waals surface area contributed by atoms with E-state index in [-0.39, 0.29) is 12.8 Å². The zero-order valence-electron chi connectivity index (χ0n) is 8.16. The lowest BCUT2D eigenvalue weighted by Gasteiger charge is -2.24. The topological polar surface area (TPSA) is 0 Å². The molecule has 0 saturated heterocycles. The summed E-state index contributed by atoms with van der Waals surface area (Å²) < 4.78 is 25.3. The van der Waals surface area contributed by atoms with Gasteiger partial charge in [0.15, 0.2) is 0 Å². The first-order valence-corrected chi connectivity index (χ1v) is 4.90. The lowest BCUT2D eigenvalue weighted by Crippen LogP contribution is -2.24. The van der Waals surface area contributed by atoms with Crippen LogP contribution in [-0.2, 0) is 0 Å². The van der Waals surface area contributed by atoms with Gasteiger partial charge in [-0.15, -0.1) is 0 Å². The van der Waals surface area contributed by atoms with Crippen LogP contribution in [-0.4, -0.2) is 5.92 Å². The van der Waals surface area contributed by atoms with Gasteiger partial charge in [0, 0.05) is 12.8 Å². The maximum absolute atomic E-state index is 12.7. The van der Waals surface area contributed by atoms with Crippen LogP contribution >= 0.6 is 0 Å². The van der Waals surface area contributed by atoms with Crippen molar-refractivity contribution in [1.29, 1.82) is 0 Å². The third kappa shape index (κ3) is 1.78. The summed E-state index contributed by atoms with van der Waals surface area (Å²) in [4.78, 5) is 0. The fraction of sp³-hybridized carbons (Fsp3) is 1.00. The Morgan fingerprint density at radius 3 is 2.08 bits per heavy atom. The summed E-state index contributed by atoms with van der Waals surface area (Å²) in [5.74, 6) is -1.99. The molecule has 2 saturated carbocycles. The van der Waals surface area contributed by atoms with E-state index in [0.717, 1.165) is 12.8 Å². The predicted molar refractivity (Wildman–Crippen MR) is 46.4 cm³/mol. The SMILES string of the molecule is CC.CC12CCC(F)(F)CC1C2. The van der Waals surface area contributed by atoms with Gasteiger partial charge in [-0.1, -0.05) is 20.8 Å². The van der Waals surface area contributed by atoms with Gasteiger partial charge in [0.1, 0.15) is 0 Å². The van der Waals surface area contributed by atoms with Crippen LogP contribution in [0.25, 0.3) is 0 Å². The maximum atomic E-state index is 12.7. The molecule has 2 unspecified atom stereocenters. The second-order valence-corrected chi connectivity index (χ2v) is 4.12. The molecule has 12 heavy (non-hydrogen) atoms. The molecular weight excluding hydrogens is 158 g/mol. The standard InChI is InChI=1S/C8H12F2.C2H6/c1-7-2-3-8(9,10)5-6(7)4-7;1-2/h6H,2-5H2,1H3;1-2H3. The maximum Gasteiger partial charge on any atom is 0.248 e. The Labute approximate surface area is 73.3 Å². The molecule has 0 amide bonds. The molecule has 0 aromatic heterocycles. The first-order chi connectivity index (χ1) is 5.52. The normalized spacial score (nSPS) is 42.2. The number of hydrogen-bond donors (Lipinski definition) is 0. The van der Waals surface area contributed by atoms with Crippen molar-refractivity contribution in [3.8, 4) is 0 Å². The van der Waals surface area contributed by atoms with E-state index in [1.807, 2.05) is 13.8 Å². The Morgan fingerprint density at radius 2 is 1.67 bits per heavy atom. The molecule has 2 aliphatic rings. The van der Waals surface area contributed by atoms with Crippen LogP contribution in [0.1, 0.15) is 46.5 Å². The Balaban J connectivity index is 0.000000336. The van der Waals surface area contributed by atoms with E-state index in [9.17, 15) is 8.78 Å².